The molecular formula is C22H18N4O4. The lowest BCUT2D eigenvalue weighted by atomic mass is 9.96. The van der Waals surface area contributed by atoms with E-state index in [4.69, 9.17) is 19.3 Å². The van der Waals surface area contributed by atoms with Crippen molar-refractivity contribution in [1.29, 1.82) is 5.26 Å². The van der Waals surface area contributed by atoms with Crippen LogP contribution in [0.25, 0.3) is 11.4 Å². The molecular weight excluding hydrogens is 384 g/mol. The van der Waals surface area contributed by atoms with Crippen molar-refractivity contribution in [2.24, 2.45) is 0 Å². The number of piperidine rings is 1. The third-order valence-electron chi connectivity index (χ3n) is 5.44. The number of benzene rings is 2. The summed E-state index contributed by atoms with van der Waals surface area (Å²) in [5, 5.41) is 13.1. The summed E-state index contributed by atoms with van der Waals surface area (Å²) in [7, 11) is 0. The van der Waals surface area contributed by atoms with Crippen LogP contribution in [0.4, 0.5) is 0 Å². The summed E-state index contributed by atoms with van der Waals surface area (Å²) < 4.78 is 16.3. The van der Waals surface area contributed by atoms with Crippen LogP contribution in [-0.4, -0.2) is 40.8 Å². The number of nitriles is 1. The van der Waals surface area contributed by atoms with Gasteiger partial charge < -0.3 is 18.9 Å². The smallest absolute Gasteiger partial charge is 0.253 e. The number of carbonyl (C=O) groups is 1. The summed E-state index contributed by atoms with van der Waals surface area (Å²) >= 11 is 0. The molecule has 1 amide bonds. The molecule has 0 bridgehead atoms. The van der Waals surface area contributed by atoms with E-state index in [1.54, 1.807) is 24.3 Å². The fourth-order valence-corrected chi connectivity index (χ4v) is 3.79. The topological polar surface area (TPSA) is 101 Å². The normalized spacial score (nSPS) is 15.8. The molecule has 8 nitrogen and oxygen atoms in total. The predicted octanol–water partition coefficient (Wildman–Crippen LogP) is 3.36. The molecule has 0 spiro atoms. The third-order valence-corrected chi connectivity index (χ3v) is 5.44. The summed E-state index contributed by atoms with van der Waals surface area (Å²) in [6, 6.07) is 14.4. The Morgan fingerprint density at radius 1 is 1.10 bits per heavy atom. The molecule has 0 atom stereocenters. The first-order chi connectivity index (χ1) is 14.7. The fourth-order valence-electron chi connectivity index (χ4n) is 3.79. The molecule has 0 unspecified atom stereocenters. The average Bonchev–Trinajstić information content (AvgIpc) is 3.48. The number of fused-ring (bicyclic) bond motifs is 1. The molecule has 0 radical (unpaired) electrons. The molecule has 0 N–H and O–H groups in total. The van der Waals surface area contributed by atoms with E-state index in [0.29, 0.717) is 47.4 Å². The number of hydrogen-bond acceptors (Lipinski definition) is 7. The predicted molar refractivity (Wildman–Crippen MR) is 105 cm³/mol. The minimum atomic E-state index is -0.0582. The zero-order valence-corrected chi connectivity index (χ0v) is 16.1. The highest BCUT2D eigenvalue weighted by molar-refractivity contribution is 5.94. The average molecular weight is 402 g/mol. The largest absolute Gasteiger partial charge is 0.454 e. The number of rotatable bonds is 3. The summed E-state index contributed by atoms with van der Waals surface area (Å²) in [6.07, 6.45) is 1.49. The van der Waals surface area contributed by atoms with Crippen LogP contribution in [0.2, 0.25) is 0 Å². The molecule has 2 aliphatic heterocycles. The lowest BCUT2D eigenvalue weighted by Gasteiger charge is -2.30. The van der Waals surface area contributed by atoms with E-state index in [0.717, 1.165) is 18.4 Å². The molecule has 30 heavy (non-hydrogen) atoms. The van der Waals surface area contributed by atoms with Crippen molar-refractivity contribution in [2.45, 2.75) is 18.8 Å². The van der Waals surface area contributed by atoms with Crippen LogP contribution >= 0.6 is 0 Å². The lowest BCUT2D eigenvalue weighted by molar-refractivity contribution is 0.0704. The monoisotopic (exact) mass is 402 g/mol. The number of amides is 1. The maximum absolute atomic E-state index is 12.7. The van der Waals surface area contributed by atoms with Gasteiger partial charge in [0.15, 0.2) is 11.5 Å². The van der Waals surface area contributed by atoms with Gasteiger partial charge in [0.05, 0.1) is 11.6 Å². The Balaban J connectivity index is 1.25. The second-order valence-electron chi connectivity index (χ2n) is 7.28. The maximum atomic E-state index is 12.7. The number of ether oxygens (including phenoxy) is 2. The maximum Gasteiger partial charge on any atom is 0.253 e. The molecule has 0 saturated carbocycles. The fraction of sp³-hybridized carbons (Fsp3) is 0.273. The van der Waals surface area contributed by atoms with Gasteiger partial charge in [-0.15, -0.1) is 0 Å². The van der Waals surface area contributed by atoms with Crippen molar-refractivity contribution >= 4 is 5.91 Å². The van der Waals surface area contributed by atoms with Crippen molar-refractivity contribution in [3.05, 3.63) is 59.5 Å². The molecule has 1 aromatic heterocycles. The molecule has 3 aromatic rings. The van der Waals surface area contributed by atoms with E-state index in [9.17, 15) is 4.79 Å². The highest BCUT2D eigenvalue weighted by Crippen LogP contribution is 2.36. The van der Waals surface area contributed by atoms with Crippen LogP contribution in [0.3, 0.4) is 0 Å². The highest BCUT2D eigenvalue weighted by atomic mass is 16.7. The zero-order valence-electron chi connectivity index (χ0n) is 16.1. The number of likely N-dealkylation sites (tertiary alicyclic amines) is 1. The number of carbonyl (C=O) groups excluding carboxylic acids is 1. The van der Waals surface area contributed by atoms with Crippen molar-refractivity contribution in [1.82, 2.24) is 15.0 Å². The van der Waals surface area contributed by atoms with Gasteiger partial charge in [-0.25, -0.2) is 0 Å². The Morgan fingerprint density at radius 2 is 1.93 bits per heavy atom. The van der Waals surface area contributed by atoms with Crippen LogP contribution in [0.5, 0.6) is 11.5 Å². The van der Waals surface area contributed by atoms with Gasteiger partial charge in [0, 0.05) is 30.1 Å². The van der Waals surface area contributed by atoms with Gasteiger partial charge in [-0.1, -0.05) is 11.2 Å². The second kappa shape index (κ2) is 7.52. The van der Waals surface area contributed by atoms with Crippen LogP contribution < -0.4 is 9.47 Å². The number of hydrogen-bond donors (Lipinski definition) is 0. The molecule has 0 aliphatic carbocycles. The molecule has 1 saturated heterocycles. The van der Waals surface area contributed by atoms with E-state index in [2.05, 4.69) is 16.2 Å². The first-order valence-electron chi connectivity index (χ1n) is 9.74. The summed E-state index contributed by atoms with van der Waals surface area (Å²) in [4.78, 5) is 19.1. The van der Waals surface area contributed by atoms with E-state index >= 15 is 0 Å². The molecule has 3 heterocycles. The van der Waals surface area contributed by atoms with E-state index < -0.39 is 0 Å². The van der Waals surface area contributed by atoms with Gasteiger partial charge in [-0.05, 0) is 49.2 Å². The van der Waals surface area contributed by atoms with Crippen molar-refractivity contribution < 1.29 is 18.8 Å². The van der Waals surface area contributed by atoms with E-state index in [-0.39, 0.29) is 18.6 Å². The first kappa shape index (κ1) is 18.2. The Kier molecular flexibility index (Phi) is 4.56. The molecule has 5 rings (SSSR count). The Morgan fingerprint density at radius 3 is 2.77 bits per heavy atom. The molecule has 2 aromatic carbocycles. The van der Waals surface area contributed by atoms with Gasteiger partial charge in [0.2, 0.25) is 18.5 Å². The van der Waals surface area contributed by atoms with E-state index in [1.807, 2.05) is 23.1 Å². The highest BCUT2D eigenvalue weighted by Gasteiger charge is 2.28. The minimum absolute atomic E-state index is 0.0582. The second-order valence-corrected chi connectivity index (χ2v) is 7.28. The minimum Gasteiger partial charge on any atom is -0.454 e. The van der Waals surface area contributed by atoms with Crippen molar-refractivity contribution in [2.75, 3.05) is 19.9 Å². The summed E-state index contributed by atoms with van der Waals surface area (Å²) in [5.74, 6) is 2.52. The van der Waals surface area contributed by atoms with Crippen LogP contribution in [0, 0.1) is 11.3 Å². The van der Waals surface area contributed by atoms with Gasteiger partial charge in [-0.2, -0.15) is 10.2 Å². The van der Waals surface area contributed by atoms with Crippen molar-refractivity contribution in [3.8, 4) is 29.0 Å². The number of nitrogens with zero attached hydrogens (tertiary/aromatic N) is 4. The van der Waals surface area contributed by atoms with Crippen LogP contribution in [-0.2, 0) is 0 Å². The van der Waals surface area contributed by atoms with Gasteiger partial charge in [0.1, 0.15) is 0 Å². The SMILES string of the molecule is N#Cc1cccc(C(=O)N2CCC(c3nc(-c4ccc5c(c4)OCO5)no3)CC2)c1. The Labute approximate surface area is 172 Å². The summed E-state index contributed by atoms with van der Waals surface area (Å²) in [6.45, 7) is 1.42. The molecule has 2 aliphatic rings. The standard InChI is InChI=1S/C22H18N4O4/c23-12-14-2-1-3-17(10-14)22(27)26-8-6-15(7-9-26)21-24-20(25-30-21)16-4-5-18-19(11-16)29-13-28-18/h1-5,10-11,15H,6-9,13H2. The first-order valence-corrected chi connectivity index (χ1v) is 9.74. The lowest BCUT2D eigenvalue weighted by Crippen LogP contribution is -2.38. The molecule has 8 heteroatoms. The van der Waals surface area contributed by atoms with E-state index in [1.165, 1.54) is 0 Å². The number of aromatic nitrogens is 2. The zero-order chi connectivity index (χ0) is 20.5. The quantitative estimate of drug-likeness (QED) is 0.662. The van der Waals surface area contributed by atoms with Crippen LogP contribution in [0.1, 0.15) is 40.6 Å². The Bertz CT molecular complexity index is 1140. The van der Waals surface area contributed by atoms with Crippen molar-refractivity contribution in [3.63, 3.8) is 0 Å². The third kappa shape index (κ3) is 3.35. The van der Waals surface area contributed by atoms with Gasteiger partial charge >= 0.3 is 0 Å². The summed E-state index contributed by atoms with van der Waals surface area (Å²) in [5.41, 5.74) is 1.83. The Hall–Kier alpha value is -3.86. The van der Waals surface area contributed by atoms with Gasteiger partial charge in [0.25, 0.3) is 5.91 Å². The van der Waals surface area contributed by atoms with Gasteiger partial charge in [-0.3, -0.25) is 4.79 Å². The molecule has 1 fully saturated rings. The molecule has 150 valence electrons. The van der Waals surface area contributed by atoms with Crippen LogP contribution in [0.15, 0.2) is 47.0 Å².